The van der Waals surface area contributed by atoms with E-state index in [-0.39, 0.29) is 22.9 Å². The zero-order chi connectivity index (χ0) is 20.1. The van der Waals surface area contributed by atoms with Crippen molar-refractivity contribution >= 4 is 11.9 Å². The van der Waals surface area contributed by atoms with Crippen LogP contribution in [0.25, 0.3) is 0 Å². The first-order valence-electron chi connectivity index (χ1n) is 10.4. The summed E-state index contributed by atoms with van der Waals surface area (Å²) in [5, 5.41) is 19.7. The summed E-state index contributed by atoms with van der Waals surface area (Å²) in [5.41, 5.74) is 1.33. The molecule has 2 aliphatic rings. The van der Waals surface area contributed by atoms with Gasteiger partial charge < -0.3 is 15.1 Å². The highest BCUT2D eigenvalue weighted by Gasteiger charge is 2.41. The van der Waals surface area contributed by atoms with Crippen LogP contribution in [-0.2, 0) is 11.2 Å². The minimum atomic E-state index is -0.933. The third-order valence-corrected chi connectivity index (χ3v) is 6.46. The van der Waals surface area contributed by atoms with Crippen LogP contribution in [-0.4, -0.2) is 45.7 Å². The Labute approximate surface area is 167 Å². The average molecular weight is 386 g/mol. The van der Waals surface area contributed by atoms with E-state index in [4.69, 9.17) is 5.11 Å². The number of aliphatic hydroxyl groups excluding tert-OH is 1. The van der Waals surface area contributed by atoms with Gasteiger partial charge in [-0.25, -0.2) is 4.79 Å². The van der Waals surface area contributed by atoms with Gasteiger partial charge in [0.2, 0.25) is 5.91 Å². The lowest BCUT2D eigenvalue weighted by Gasteiger charge is -2.45. The van der Waals surface area contributed by atoms with Gasteiger partial charge in [0.05, 0.1) is 17.7 Å². The number of carbonyl (C=O) groups is 2. The van der Waals surface area contributed by atoms with Gasteiger partial charge in [0.15, 0.2) is 0 Å². The maximum Gasteiger partial charge on any atom is 0.335 e. The van der Waals surface area contributed by atoms with E-state index < -0.39 is 12.1 Å². The number of hydrogen-bond acceptors (Lipinski definition) is 3. The normalized spacial score (nSPS) is 22.4. The second-order valence-corrected chi connectivity index (χ2v) is 8.24. The van der Waals surface area contributed by atoms with Crippen molar-refractivity contribution in [2.45, 2.75) is 70.4 Å². The summed E-state index contributed by atoms with van der Waals surface area (Å²) in [6.07, 6.45) is 11.1. The molecular formula is C23H31NO4. The van der Waals surface area contributed by atoms with Gasteiger partial charge in [0.1, 0.15) is 0 Å². The van der Waals surface area contributed by atoms with Crippen LogP contribution in [0.5, 0.6) is 0 Å². The Morgan fingerprint density at radius 2 is 2.04 bits per heavy atom. The topological polar surface area (TPSA) is 77.8 Å². The fraction of sp³-hybridized carbons (Fsp3) is 0.565. The molecular weight excluding hydrogens is 354 g/mol. The summed E-state index contributed by atoms with van der Waals surface area (Å²) in [7, 11) is 0. The monoisotopic (exact) mass is 385 g/mol. The minimum absolute atomic E-state index is 0.0409. The SMILES string of the molecule is CCCC1([C@H](O)/C=C/[C@H]2CCC(=O)N2CCc2ccc(C(=O)O)cc2)CCC1. The van der Waals surface area contributed by atoms with Crippen LogP contribution in [0.15, 0.2) is 36.4 Å². The van der Waals surface area contributed by atoms with Crippen LogP contribution in [0.1, 0.15) is 67.8 Å². The number of rotatable bonds is 9. The van der Waals surface area contributed by atoms with Crippen LogP contribution in [0.2, 0.25) is 0 Å². The highest BCUT2D eigenvalue weighted by Crippen LogP contribution is 2.48. The minimum Gasteiger partial charge on any atom is -0.478 e. The molecule has 0 spiro atoms. The van der Waals surface area contributed by atoms with E-state index in [9.17, 15) is 14.7 Å². The highest BCUT2D eigenvalue weighted by atomic mass is 16.4. The van der Waals surface area contributed by atoms with Crippen LogP contribution in [0.4, 0.5) is 0 Å². The number of hydrogen-bond donors (Lipinski definition) is 2. The molecule has 1 saturated carbocycles. The number of carbonyl (C=O) groups excluding carboxylic acids is 1. The van der Waals surface area contributed by atoms with Crippen molar-refractivity contribution in [3.63, 3.8) is 0 Å². The quantitative estimate of drug-likeness (QED) is 0.634. The molecule has 1 saturated heterocycles. The number of aliphatic hydroxyl groups is 1. The summed E-state index contributed by atoms with van der Waals surface area (Å²) >= 11 is 0. The summed E-state index contributed by atoms with van der Waals surface area (Å²) < 4.78 is 0. The molecule has 152 valence electrons. The summed E-state index contributed by atoms with van der Waals surface area (Å²) in [5.74, 6) is -0.782. The van der Waals surface area contributed by atoms with Gasteiger partial charge in [-0.1, -0.05) is 44.1 Å². The number of carboxylic acids is 1. The van der Waals surface area contributed by atoms with E-state index in [1.807, 2.05) is 29.2 Å². The molecule has 0 radical (unpaired) electrons. The Hall–Kier alpha value is -2.14. The number of nitrogens with zero attached hydrogens (tertiary/aromatic N) is 1. The van der Waals surface area contributed by atoms with Crippen molar-refractivity contribution in [2.75, 3.05) is 6.54 Å². The lowest BCUT2D eigenvalue weighted by atomic mass is 9.62. The lowest BCUT2D eigenvalue weighted by Crippen LogP contribution is -2.40. The van der Waals surface area contributed by atoms with Crippen molar-refractivity contribution in [1.29, 1.82) is 0 Å². The molecule has 28 heavy (non-hydrogen) atoms. The van der Waals surface area contributed by atoms with Crippen molar-refractivity contribution in [3.8, 4) is 0 Å². The van der Waals surface area contributed by atoms with Crippen LogP contribution in [0, 0.1) is 5.41 Å². The van der Waals surface area contributed by atoms with Crippen molar-refractivity contribution in [1.82, 2.24) is 4.90 Å². The highest BCUT2D eigenvalue weighted by molar-refractivity contribution is 5.87. The molecule has 2 N–H and O–H groups in total. The number of benzene rings is 1. The van der Waals surface area contributed by atoms with Gasteiger partial charge in [0, 0.05) is 13.0 Å². The summed E-state index contributed by atoms with van der Waals surface area (Å²) in [6, 6.07) is 6.86. The predicted octanol–water partition coefficient (Wildman–Crippen LogP) is 3.81. The first kappa shape index (κ1) is 20.6. The maximum atomic E-state index is 12.3. The number of aromatic carboxylic acids is 1. The molecule has 1 amide bonds. The number of carboxylic acid groups (broad SMARTS) is 1. The molecule has 3 rings (SSSR count). The average Bonchev–Trinajstić information content (AvgIpc) is 3.01. The Morgan fingerprint density at radius 3 is 2.61 bits per heavy atom. The maximum absolute atomic E-state index is 12.3. The summed E-state index contributed by atoms with van der Waals surface area (Å²) in [4.78, 5) is 25.2. The fourth-order valence-corrected chi connectivity index (χ4v) is 4.57. The zero-order valence-electron chi connectivity index (χ0n) is 16.6. The molecule has 1 aliphatic carbocycles. The van der Waals surface area contributed by atoms with Gasteiger partial charge in [0.25, 0.3) is 0 Å². The first-order valence-corrected chi connectivity index (χ1v) is 10.4. The standard InChI is InChI=1S/C23H31NO4/c1-2-13-23(14-3-15-23)20(25)10-8-19-9-11-21(26)24(19)16-12-17-4-6-18(7-5-17)22(27)28/h4-8,10,19-20,25H,2-3,9,11-16H2,1H3,(H,27,28)/b10-8+/t19-,20+/m0/s1. The van der Waals surface area contributed by atoms with Gasteiger partial charge in [-0.2, -0.15) is 0 Å². The molecule has 0 bridgehead atoms. The molecule has 1 aliphatic heterocycles. The molecule has 0 unspecified atom stereocenters. The number of likely N-dealkylation sites (tertiary alicyclic amines) is 1. The van der Waals surface area contributed by atoms with Gasteiger partial charge in [-0.15, -0.1) is 0 Å². The Kier molecular flexibility index (Phi) is 6.55. The second-order valence-electron chi connectivity index (χ2n) is 8.24. The van der Waals surface area contributed by atoms with E-state index in [1.54, 1.807) is 12.1 Å². The molecule has 1 heterocycles. The van der Waals surface area contributed by atoms with Crippen molar-refractivity contribution < 1.29 is 19.8 Å². The molecule has 1 aromatic carbocycles. The van der Waals surface area contributed by atoms with E-state index in [0.29, 0.717) is 19.4 Å². The smallest absolute Gasteiger partial charge is 0.335 e. The van der Waals surface area contributed by atoms with Crippen molar-refractivity contribution in [3.05, 3.63) is 47.5 Å². The predicted molar refractivity (Wildman–Crippen MR) is 108 cm³/mol. The van der Waals surface area contributed by atoms with E-state index >= 15 is 0 Å². The third kappa shape index (κ3) is 4.46. The fourth-order valence-electron chi connectivity index (χ4n) is 4.57. The van der Waals surface area contributed by atoms with E-state index in [1.165, 1.54) is 6.42 Å². The molecule has 0 aromatic heterocycles. The lowest BCUT2D eigenvalue weighted by molar-refractivity contribution is -0.128. The van der Waals surface area contributed by atoms with Gasteiger partial charge in [-0.3, -0.25) is 4.79 Å². The molecule has 2 atom stereocenters. The largest absolute Gasteiger partial charge is 0.478 e. The Morgan fingerprint density at radius 1 is 1.32 bits per heavy atom. The van der Waals surface area contributed by atoms with Crippen molar-refractivity contribution in [2.24, 2.45) is 5.41 Å². The van der Waals surface area contributed by atoms with Crippen LogP contribution >= 0.6 is 0 Å². The molecule has 2 fully saturated rings. The van der Waals surface area contributed by atoms with Gasteiger partial charge in [-0.05, 0) is 55.2 Å². The summed E-state index contributed by atoms with van der Waals surface area (Å²) in [6.45, 7) is 2.77. The van der Waals surface area contributed by atoms with Crippen LogP contribution < -0.4 is 0 Å². The molecule has 5 nitrogen and oxygen atoms in total. The molecule has 1 aromatic rings. The van der Waals surface area contributed by atoms with E-state index in [2.05, 4.69) is 6.92 Å². The number of amides is 1. The Balaban J connectivity index is 1.59. The Bertz CT molecular complexity index is 721. The van der Waals surface area contributed by atoms with Gasteiger partial charge >= 0.3 is 5.97 Å². The second kappa shape index (κ2) is 8.91. The van der Waals surface area contributed by atoms with E-state index in [0.717, 1.165) is 37.7 Å². The zero-order valence-corrected chi connectivity index (χ0v) is 16.6. The van der Waals surface area contributed by atoms with Crippen LogP contribution in [0.3, 0.4) is 0 Å². The first-order chi connectivity index (χ1) is 13.4. The third-order valence-electron chi connectivity index (χ3n) is 6.46. The molecule has 5 heteroatoms.